The molecule has 1 aliphatic rings. The maximum absolute atomic E-state index is 13.3. The van der Waals surface area contributed by atoms with Gasteiger partial charge in [-0.15, -0.1) is 0 Å². The summed E-state index contributed by atoms with van der Waals surface area (Å²) in [5.74, 6) is -0.0504. The zero-order valence-corrected chi connectivity index (χ0v) is 16.8. The van der Waals surface area contributed by atoms with Crippen molar-refractivity contribution in [3.8, 4) is 23.0 Å². The highest BCUT2D eigenvalue weighted by Gasteiger charge is 2.53. The van der Waals surface area contributed by atoms with Gasteiger partial charge in [-0.05, 0) is 26.0 Å². The number of hydrogen-bond donors (Lipinski definition) is 3. The Bertz CT molecular complexity index is 1210. The van der Waals surface area contributed by atoms with Crippen LogP contribution in [-0.2, 0) is 11.8 Å². The third-order valence-electron chi connectivity index (χ3n) is 5.60. The van der Waals surface area contributed by atoms with Crippen LogP contribution in [0.5, 0.6) is 23.0 Å². The SMILES string of the molecule is COc1cc(O)c2c(=O)c3ccc(O)c(OC)c3n(C)c2c1C(O)C1OC1(C)C. The van der Waals surface area contributed by atoms with Crippen LogP contribution in [0.1, 0.15) is 25.5 Å². The number of aromatic nitrogens is 1. The fourth-order valence-electron chi connectivity index (χ4n) is 4.09. The summed E-state index contributed by atoms with van der Waals surface area (Å²) in [7, 11) is 4.48. The van der Waals surface area contributed by atoms with Crippen molar-refractivity contribution in [1.82, 2.24) is 4.57 Å². The number of aryl methyl sites for hydroxylation is 1. The van der Waals surface area contributed by atoms with E-state index in [-0.39, 0.29) is 39.3 Å². The minimum atomic E-state index is -1.10. The Hall–Kier alpha value is -2.97. The fraction of sp³-hybridized carbons (Fsp3) is 0.381. The number of fused-ring (bicyclic) bond motifs is 2. The number of ether oxygens (including phenoxy) is 3. The highest BCUT2D eigenvalue weighted by Crippen LogP contribution is 2.49. The molecular weight excluding hydrogens is 378 g/mol. The van der Waals surface area contributed by atoms with Gasteiger partial charge in [-0.1, -0.05) is 0 Å². The largest absolute Gasteiger partial charge is 0.507 e. The Morgan fingerprint density at radius 1 is 1.14 bits per heavy atom. The lowest BCUT2D eigenvalue weighted by Gasteiger charge is -2.22. The molecule has 8 heteroatoms. The van der Waals surface area contributed by atoms with Gasteiger partial charge in [0.25, 0.3) is 0 Å². The molecule has 0 radical (unpaired) electrons. The molecule has 0 aliphatic carbocycles. The van der Waals surface area contributed by atoms with E-state index in [0.717, 1.165) is 0 Å². The van der Waals surface area contributed by atoms with E-state index < -0.39 is 23.2 Å². The van der Waals surface area contributed by atoms with Crippen LogP contribution >= 0.6 is 0 Å². The van der Waals surface area contributed by atoms with Crippen LogP contribution in [0.2, 0.25) is 0 Å². The molecule has 3 aromatic rings. The molecule has 0 spiro atoms. The number of phenolic OH excluding ortho intramolecular Hbond substituents is 2. The zero-order valence-electron chi connectivity index (χ0n) is 16.8. The van der Waals surface area contributed by atoms with Gasteiger partial charge in [-0.3, -0.25) is 4.79 Å². The van der Waals surface area contributed by atoms with Crippen molar-refractivity contribution in [3.05, 3.63) is 34.0 Å². The van der Waals surface area contributed by atoms with Crippen LogP contribution in [-0.4, -0.2) is 45.8 Å². The summed E-state index contributed by atoms with van der Waals surface area (Å²) < 4.78 is 18.0. The second kappa shape index (κ2) is 6.27. The van der Waals surface area contributed by atoms with E-state index in [0.29, 0.717) is 11.1 Å². The molecule has 29 heavy (non-hydrogen) atoms. The summed E-state index contributed by atoms with van der Waals surface area (Å²) in [6.45, 7) is 3.71. The molecule has 1 aliphatic heterocycles. The average molecular weight is 401 g/mol. The van der Waals surface area contributed by atoms with Crippen molar-refractivity contribution in [3.63, 3.8) is 0 Å². The number of aromatic hydroxyl groups is 2. The van der Waals surface area contributed by atoms with Crippen molar-refractivity contribution in [2.45, 2.75) is 31.7 Å². The van der Waals surface area contributed by atoms with Gasteiger partial charge in [0.05, 0.1) is 41.6 Å². The van der Waals surface area contributed by atoms with Crippen molar-refractivity contribution >= 4 is 21.8 Å². The Kier molecular flexibility index (Phi) is 4.18. The third kappa shape index (κ3) is 2.63. The van der Waals surface area contributed by atoms with Crippen LogP contribution in [0.3, 0.4) is 0 Å². The number of epoxide rings is 1. The number of hydrogen-bond acceptors (Lipinski definition) is 7. The van der Waals surface area contributed by atoms with Crippen LogP contribution in [0.15, 0.2) is 23.0 Å². The first-order chi connectivity index (χ1) is 13.6. The summed E-state index contributed by atoms with van der Waals surface area (Å²) in [6.07, 6.45) is -1.60. The number of methoxy groups -OCH3 is 2. The molecule has 2 atom stereocenters. The van der Waals surface area contributed by atoms with Gasteiger partial charge < -0.3 is 34.1 Å². The summed E-state index contributed by atoms with van der Waals surface area (Å²) in [5, 5.41) is 32.2. The van der Waals surface area contributed by atoms with E-state index >= 15 is 0 Å². The predicted octanol–water partition coefficient (Wildman–Crippen LogP) is 2.33. The molecule has 1 fully saturated rings. The molecular formula is C21H23NO7. The highest BCUT2D eigenvalue weighted by molar-refractivity contribution is 6.01. The Balaban J connectivity index is 2.22. The standard InChI is InChI=1S/C21H23NO7/c1-21(2)20(29-21)18(26)14-12(27-4)8-11(24)13-16(14)22(3)15-9(17(13)25)6-7-10(23)19(15)28-5/h6-8,18,20,23-24,26H,1-5H3. The lowest BCUT2D eigenvalue weighted by atomic mass is 9.94. The molecule has 2 heterocycles. The molecule has 154 valence electrons. The van der Waals surface area contributed by atoms with Crippen molar-refractivity contribution in [2.24, 2.45) is 7.05 Å². The van der Waals surface area contributed by atoms with Crippen LogP contribution in [0.25, 0.3) is 21.8 Å². The minimum absolute atomic E-state index is 0.0426. The van der Waals surface area contributed by atoms with Gasteiger partial charge >= 0.3 is 0 Å². The molecule has 1 saturated heterocycles. The molecule has 0 amide bonds. The molecule has 2 unspecified atom stereocenters. The number of aliphatic hydroxyl groups excluding tert-OH is 1. The van der Waals surface area contributed by atoms with E-state index in [1.807, 2.05) is 13.8 Å². The maximum atomic E-state index is 13.3. The van der Waals surface area contributed by atoms with Gasteiger partial charge in [0.15, 0.2) is 11.5 Å². The average Bonchev–Trinajstić information content (AvgIpc) is 3.32. The summed E-state index contributed by atoms with van der Waals surface area (Å²) in [4.78, 5) is 13.3. The Morgan fingerprint density at radius 2 is 1.79 bits per heavy atom. The van der Waals surface area contributed by atoms with E-state index in [2.05, 4.69) is 0 Å². The van der Waals surface area contributed by atoms with Gasteiger partial charge in [-0.25, -0.2) is 0 Å². The molecule has 8 nitrogen and oxygen atoms in total. The topological polar surface area (TPSA) is 114 Å². The Labute approximate surface area is 166 Å². The minimum Gasteiger partial charge on any atom is -0.507 e. The van der Waals surface area contributed by atoms with Crippen LogP contribution in [0, 0.1) is 0 Å². The molecule has 2 aromatic carbocycles. The third-order valence-corrected chi connectivity index (χ3v) is 5.60. The first-order valence-corrected chi connectivity index (χ1v) is 9.12. The molecule has 4 rings (SSSR count). The Morgan fingerprint density at radius 3 is 2.34 bits per heavy atom. The van der Waals surface area contributed by atoms with Crippen molar-refractivity contribution in [1.29, 1.82) is 0 Å². The van der Waals surface area contributed by atoms with Crippen molar-refractivity contribution < 1.29 is 29.5 Å². The summed E-state index contributed by atoms with van der Waals surface area (Å²) in [5.41, 5.74) is -0.0387. The fourth-order valence-corrected chi connectivity index (χ4v) is 4.09. The maximum Gasteiger partial charge on any atom is 0.201 e. The number of phenols is 2. The van der Waals surface area contributed by atoms with E-state index in [9.17, 15) is 20.1 Å². The number of aliphatic hydroxyl groups is 1. The molecule has 0 saturated carbocycles. The first kappa shape index (κ1) is 19.4. The monoisotopic (exact) mass is 401 g/mol. The molecule has 3 N–H and O–H groups in total. The van der Waals surface area contributed by atoms with E-state index in [1.54, 1.807) is 11.6 Å². The quantitative estimate of drug-likeness (QED) is 0.454. The lowest BCUT2D eigenvalue weighted by molar-refractivity contribution is 0.134. The van der Waals surface area contributed by atoms with Crippen LogP contribution in [0.4, 0.5) is 0 Å². The molecule has 1 aromatic heterocycles. The highest BCUT2D eigenvalue weighted by atomic mass is 16.6. The van der Waals surface area contributed by atoms with Gasteiger partial charge in [-0.2, -0.15) is 0 Å². The zero-order chi connectivity index (χ0) is 21.2. The predicted molar refractivity (Wildman–Crippen MR) is 107 cm³/mol. The van der Waals surface area contributed by atoms with E-state index in [4.69, 9.17) is 14.2 Å². The van der Waals surface area contributed by atoms with Crippen LogP contribution < -0.4 is 14.9 Å². The second-order valence-electron chi connectivity index (χ2n) is 7.72. The second-order valence-corrected chi connectivity index (χ2v) is 7.72. The number of rotatable bonds is 4. The van der Waals surface area contributed by atoms with E-state index in [1.165, 1.54) is 32.4 Å². The normalized spacial score (nSPS) is 18.8. The number of benzene rings is 2. The summed E-state index contributed by atoms with van der Waals surface area (Å²) in [6, 6.07) is 4.16. The van der Waals surface area contributed by atoms with Gasteiger partial charge in [0.1, 0.15) is 23.7 Å². The van der Waals surface area contributed by atoms with Gasteiger partial charge in [0.2, 0.25) is 5.43 Å². The smallest absolute Gasteiger partial charge is 0.201 e. The molecule has 0 bridgehead atoms. The summed E-state index contributed by atoms with van der Waals surface area (Å²) >= 11 is 0. The first-order valence-electron chi connectivity index (χ1n) is 9.12. The van der Waals surface area contributed by atoms with Crippen molar-refractivity contribution in [2.75, 3.05) is 14.2 Å². The lowest BCUT2D eigenvalue weighted by Crippen LogP contribution is -2.18. The number of pyridine rings is 1. The number of nitrogens with zero attached hydrogens (tertiary/aromatic N) is 1. The van der Waals surface area contributed by atoms with Gasteiger partial charge in [0, 0.05) is 18.7 Å².